The van der Waals surface area contributed by atoms with Crippen LogP contribution in [0.5, 0.6) is 0 Å². The smallest absolute Gasteiger partial charge is 0.310 e. The molecule has 0 atom stereocenters. The van der Waals surface area contributed by atoms with E-state index < -0.39 is 30.2 Å². The molecule has 1 fully saturated rings. The van der Waals surface area contributed by atoms with E-state index in [1.807, 2.05) is 29.7 Å². The summed E-state index contributed by atoms with van der Waals surface area (Å²) in [6.45, 7) is 1.95. The molecule has 0 amide bonds. The van der Waals surface area contributed by atoms with E-state index in [-0.39, 0.29) is 16.6 Å². The van der Waals surface area contributed by atoms with Crippen molar-refractivity contribution in [3.05, 3.63) is 78.8 Å². The van der Waals surface area contributed by atoms with Gasteiger partial charge in [0, 0.05) is 29.8 Å². The number of nitrogens with one attached hydrogen (secondary N) is 1. The van der Waals surface area contributed by atoms with Crippen LogP contribution in [0.3, 0.4) is 0 Å². The quantitative estimate of drug-likeness (QED) is 0.237. The van der Waals surface area contributed by atoms with Gasteiger partial charge in [0.2, 0.25) is 0 Å². The average molecular weight is 572 g/mol. The predicted molar refractivity (Wildman–Crippen MR) is 140 cm³/mol. The molecule has 1 aliphatic carbocycles. The molecule has 12 heteroatoms. The lowest BCUT2D eigenvalue weighted by Gasteiger charge is -2.40. The molecule has 2 aromatic carbocycles. The summed E-state index contributed by atoms with van der Waals surface area (Å²) in [5.41, 5.74) is 3.91. The van der Waals surface area contributed by atoms with Crippen molar-refractivity contribution in [1.29, 1.82) is 0 Å². The van der Waals surface area contributed by atoms with Gasteiger partial charge in [0.25, 0.3) is 0 Å². The van der Waals surface area contributed by atoms with Gasteiger partial charge in [-0.3, -0.25) is 0 Å². The molecular weight excluding hydrogens is 545 g/mol. The van der Waals surface area contributed by atoms with Crippen molar-refractivity contribution in [2.24, 2.45) is 0 Å². The highest BCUT2D eigenvalue weighted by molar-refractivity contribution is 8.45. The van der Waals surface area contributed by atoms with Crippen molar-refractivity contribution in [1.82, 2.24) is 9.38 Å². The van der Waals surface area contributed by atoms with E-state index in [1.165, 1.54) is 0 Å². The zero-order valence-electron chi connectivity index (χ0n) is 20.3. The van der Waals surface area contributed by atoms with Crippen LogP contribution in [0.15, 0.2) is 82.8 Å². The van der Waals surface area contributed by atoms with Gasteiger partial charge in [-0.2, -0.15) is 0 Å². The van der Waals surface area contributed by atoms with Crippen LogP contribution in [0.2, 0.25) is 0 Å². The molecule has 1 saturated carbocycles. The minimum atomic E-state index is -9.71. The van der Waals surface area contributed by atoms with Crippen LogP contribution in [0.1, 0.15) is 31.4 Å². The number of sulfone groups is 1. The first kappa shape index (κ1) is 26.5. The second-order valence-electron chi connectivity index (χ2n) is 9.73. The lowest BCUT2D eigenvalue weighted by molar-refractivity contribution is 0.364. The topological polar surface area (TPSA) is 63.5 Å². The Hall–Kier alpha value is -3.12. The summed E-state index contributed by atoms with van der Waals surface area (Å²) in [6.07, 6.45) is 5.46. The van der Waals surface area contributed by atoms with E-state index in [2.05, 4.69) is 10.3 Å². The highest BCUT2D eigenvalue weighted by Gasteiger charge is 2.65. The minimum Gasteiger partial charge on any atom is -0.382 e. The molecule has 0 unspecified atom stereocenters. The van der Waals surface area contributed by atoms with Crippen molar-refractivity contribution in [3.63, 3.8) is 0 Å². The fourth-order valence-corrected chi connectivity index (χ4v) is 7.31. The van der Waals surface area contributed by atoms with Crippen LogP contribution in [0, 0.1) is 6.92 Å². The lowest BCUT2D eigenvalue weighted by atomic mass is 9.95. The molecule has 204 valence electrons. The van der Waals surface area contributed by atoms with E-state index in [1.54, 1.807) is 30.5 Å². The van der Waals surface area contributed by atoms with Gasteiger partial charge in [-0.15, -0.1) is 0 Å². The number of hydrogen-bond donors (Lipinski definition) is 1. The normalized spacial score (nSPS) is 20.6. The van der Waals surface area contributed by atoms with Crippen LogP contribution >= 0.6 is 10.2 Å². The van der Waals surface area contributed by atoms with E-state index >= 15 is 0 Å². The Morgan fingerprint density at radius 1 is 0.842 bits per heavy atom. The van der Waals surface area contributed by atoms with Crippen LogP contribution < -0.4 is 5.32 Å². The van der Waals surface area contributed by atoms with E-state index in [9.17, 15) is 27.8 Å². The second-order valence-corrected chi connectivity index (χ2v) is 14.4. The van der Waals surface area contributed by atoms with Crippen LogP contribution in [0.4, 0.5) is 25.1 Å². The number of imidazole rings is 1. The monoisotopic (exact) mass is 571 g/mol. The number of anilines is 1. The van der Waals surface area contributed by atoms with Crippen LogP contribution in [0.25, 0.3) is 16.8 Å². The predicted octanol–water partition coefficient (Wildman–Crippen LogP) is 8.16. The fourth-order valence-electron chi connectivity index (χ4n) is 4.86. The Bertz CT molecular complexity index is 1600. The van der Waals surface area contributed by atoms with E-state index in [4.69, 9.17) is 0 Å². The molecule has 0 saturated heterocycles. The number of benzene rings is 2. The summed E-state index contributed by atoms with van der Waals surface area (Å²) in [6, 6.07) is 13.2. The number of aryl methyl sites for hydroxylation is 1. The summed E-state index contributed by atoms with van der Waals surface area (Å²) in [5.74, 6) is 0. The Balaban J connectivity index is 1.23. The summed E-state index contributed by atoms with van der Waals surface area (Å²) >= 11 is 0. The molecule has 38 heavy (non-hydrogen) atoms. The molecular formula is C26H26F5N3O2S2. The number of halogens is 5. The van der Waals surface area contributed by atoms with Crippen molar-refractivity contribution < 1.29 is 27.8 Å². The summed E-state index contributed by atoms with van der Waals surface area (Å²) < 4.78 is 93.1. The first-order valence-corrected chi connectivity index (χ1v) is 15.5. The van der Waals surface area contributed by atoms with Crippen molar-refractivity contribution in [2.45, 2.75) is 53.7 Å². The highest BCUT2D eigenvalue weighted by atomic mass is 32.5. The first-order valence-electron chi connectivity index (χ1n) is 12.0. The summed E-state index contributed by atoms with van der Waals surface area (Å²) in [5, 5.41) is 2.46. The largest absolute Gasteiger partial charge is 0.382 e. The molecule has 0 spiro atoms. The molecule has 5 rings (SSSR count). The van der Waals surface area contributed by atoms with Crippen molar-refractivity contribution in [2.75, 3.05) is 5.32 Å². The summed E-state index contributed by atoms with van der Waals surface area (Å²) in [4.78, 5) is 2.61. The molecule has 1 aliphatic rings. The number of nitrogens with zero attached hydrogens (tertiary/aromatic N) is 2. The number of pyridine rings is 1. The maximum Gasteiger partial charge on any atom is 0.310 e. The lowest BCUT2D eigenvalue weighted by Crippen LogP contribution is -2.32. The molecule has 2 aromatic heterocycles. The van der Waals surface area contributed by atoms with E-state index in [0.717, 1.165) is 34.6 Å². The molecule has 0 aliphatic heterocycles. The fraction of sp³-hybridized carbons (Fsp3) is 0.269. The molecule has 2 heterocycles. The minimum absolute atomic E-state index is 0.170. The maximum absolute atomic E-state index is 13.3. The highest BCUT2D eigenvalue weighted by Crippen LogP contribution is 3.02. The third-order valence-corrected chi connectivity index (χ3v) is 10.4. The van der Waals surface area contributed by atoms with Gasteiger partial charge >= 0.3 is 10.2 Å². The second kappa shape index (κ2) is 8.44. The van der Waals surface area contributed by atoms with Gasteiger partial charge in [0.15, 0.2) is 9.84 Å². The van der Waals surface area contributed by atoms with Gasteiger partial charge in [-0.05, 0) is 92.3 Å². The molecule has 0 radical (unpaired) electrons. The molecule has 1 N–H and O–H groups in total. The summed E-state index contributed by atoms with van der Waals surface area (Å²) in [7, 11) is -13.3. The van der Waals surface area contributed by atoms with Crippen LogP contribution in [-0.4, -0.2) is 29.1 Å². The Labute approximate surface area is 217 Å². The number of fused-ring (bicyclic) bond motifs is 1. The van der Waals surface area contributed by atoms with Crippen molar-refractivity contribution in [3.8, 4) is 11.1 Å². The van der Waals surface area contributed by atoms with Crippen LogP contribution in [-0.2, 0) is 9.84 Å². The van der Waals surface area contributed by atoms with Crippen molar-refractivity contribution >= 4 is 31.4 Å². The maximum atomic E-state index is 13.3. The number of rotatable bonds is 6. The zero-order chi connectivity index (χ0) is 27.4. The molecule has 5 nitrogen and oxygen atoms in total. The molecule has 4 aromatic rings. The average Bonchev–Trinajstić information content (AvgIpc) is 3.23. The first-order chi connectivity index (χ1) is 17.6. The SMILES string of the molecule is Cc1cnc2ccc(-c3ccc(S(=O)(=O)C4CCC(Nc5ccc(S(F)(F)(F)(F)F)cc5)CC4)cc3)cn12. The Morgan fingerprint density at radius 3 is 2.05 bits per heavy atom. The Morgan fingerprint density at radius 2 is 1.45 bits per heavy atom. The Kier molecular flexibility index (Phi) is 5.88. The molecule has 0 bridgehead atoms. The van der Waals surface area contributed by atoms with Gasteiger partial charge in [-0.1, -0.05) is 31.6 Å². The van der Waals surface area contributed by atoms with Gasteiger partial charge < -0.3 is 9.72 Å². The number of aromatic nitrogens is 2. The third-order valence-electron chi connectivity index (χ3n) is 6.99. The number of hydrogen-bond acceptors (Lipinski definition) is 4. The third kappa shape index (κ3) is 5.37. The van der Waals surface area contributed by atoms with Gasteiger partial charge in [0.05, 0.1) is 10.1 Å². The standard InChI is InChI=1S/C26H26F5N3O2S2/c1-18-16-32-26-15-4-20(17-34(18)26)19-2-9-23(10-3-19)37(35,36)24-11-5-21(6-12-24)33-22-7-13-25(14-8-22)38(27,28,29,30)31/h2-4,7-10,13-17,21,24,33H,5-6,11-12H2,1H3. The zero-order valence-corrected chi connectivity index (χ0v) is 22.0. The van der Waals surface area contributed by atoms with E-state index in [0.29, 0.717) is 37.8 Å². The van der Waals surface area contributed by atoms with Gasteiger partial charge in [-0.25, -0.2) is 13.4 Å². The van der Waals surface area contributed by atoms with Gasteiger partial charge in [0.1, 0.15) is 10.5 Å².